The van der Waals surface area contributed by atoms with Crippen LogP contribution in [-0.2, 0) is 4.79 Å². The maximum atomic E-state index is 12.9. The minimum Gasteiger partial charge on any atom is -0.340 e. The Morgan fingerprint density at radius 2 is 1.90 bits per heavy atom. The molecular formula is C16H29N3O. The van der Waals surface area contributed by atoms with Crippen molar-refractivity contribution in [2.75, 3.05) is 26.2 Å². The molecule has 0 radical (unpaired) electrons. The van der Waals surface area contributed by atoms with Crippen LogP contribution in [0.2, 0.25) is 0 Å². The highest BCUT2D eigenvalue weighted by atomic mass is 16.2. The molecule has 4 heteroatoms. The number of hydrogen-bond acceptors (Lipinski definition) is 3. The van der Waals surface area contributed by atoms with Crippen molar-refractivity contribution in [3.05, 3.63) is 0 Å². The molecule has 0 spiro atoms. The van der Waals surface area contributed by atoms with Gasteiger partial charge in [0.25, 0.3) is 0 Å². The molecule has 0 aromatic heterocycles. The van der Waals surface area contributed by atoms with Crippen molar-refractivity contribution in [3.8, 4) is 0 Å². The largest absolute Gasteiger partial charge is 0.340 e. The first-order chi connectivity index (χ1) is 9.58. The first-order valence-corrected chi connectivity index (χ1v) is 8.40. The van der Waals surface area contributed by atoms with E-state index in [2.05, 4.69) is 16.7 Å². The lowest BCUT2D eigenvalue weighted by atomic mass is 9.74. The summed E-state index contributed by atoms with van der Waals surface area (Å²) in [6.07, 6.45) is 8.22. The topological polar surface area (TPSA) is 49.6 Å². The third-order valence-electron chi connectivity index (χ3n) is 5.70. The van der Waals surface area contributed by atoms with E-state index in [1.807, 2.05) is 0 Å². The maximum absolute atomic E-state index is 12.9. The van der Waals surface area contributed by atoms with Crippen LogP contribution in [0.4, 0.5) is 0 Å². The average molecular weight is 279 g/mol. The molecule has 1 saturated carbocycles. The minimum atomic E-state index is -0.293. The molecule has 3 atom stereocenters. The zero-order chi connectivity index (χ0) is 14.2. The molecule has 3 fully saturated rings. The van der Waals surface area contributed by atoms with Crippen molar-refractivity contribution < 1.29 is 4.79 Å². The summed E-state index contributed by atoms with van der Waals surface area (Å²) in [4.78, 5) is 17.6. The van der Waals surface area contributed by atoms with E-state index in [9.17, 15) is 4.79 Å². The number of piperazine rings is 1. The maximum Gasteiger partial charge on any atom is 0.227 e. The standard InChI is InChI=1S/C16H29N3O/c1-16(17)8-4-2-7-14(16)15(20)19-11-10-18-9-5-3-6-13(18)12-19/h13-14H,2-12,17H2,1H3. The lowest BCUT2D eigenvalue weighted by Gasteiger charge is -2.47. The van der Waals surface area contributed by atoms with Crippen molar-refractivity contribution >= 4 is 5.91 Å². The molecule has 3 aliphatic rings. The Hall–Kier alpha value is -0.610. The molecule has 1 amide bonds. The number of fused-ring (bicyclic) bond motifs is 1. The quantitative estimate of drug-likeness (QED) is 0.793. The van der Waals surface area contributed by atoms with E-state index in [1.54, 1.807) is 0 Å². The number of piperidine rings is 1. The molecule has 2 heterocycles. The second-order valence-electron chi connectivity index (χ2n) is 7.27. The van der Waals surface area contributed by atoms with Gasteiger partial charge in [0.05, 0.1) is 5.92 Å². The van der Waals surface area contributed by atoms with Crippen LogP contribution in [0.5, 0.6) is 0 Å². The lowest BCUT2D eigenvalue weighted by Crippen LogP contribution is -2.60. The second-order valence-corrected chi connectivity index (χ2v) is 7.27. The molecule has 0 aromatic rings. The summed E-state index contributed by atoms with van der Waals surface area (Å²) in [7, 11) is 0. The average Bonchev–Trinajstić information content (AvgIpc) is 2.45. The van der Waals surface area contributed by atoms with E-state index in [0.29, 0.717) is 11.9 Å². The second kappa shape index (κ2) is 5.64. The van der Waals surface area contributed by atoms with Crippen LogP contribution in [0.15, 0.2) is 0 Å². The van der Waals surface area contributed by atoms with Gasteiger partial charge in [-0.1, -0.05) is 19.3 Å². The van der Waals surface area contributed by atoms with Gasteiger partial charge in [0.2, 0.25) is 5.91 Å². The summed E-state index contributed by atoms with van der Waals surface area (Å²) in [5.74, 6) is 0.381. The van der Waals surface area contributed by atoms with Crippen LogP contribution < -0.4 is 5.73 Å². The first-order valence-electron chi connectivity index (χ1n) is 8.40. The minimum absolute atomic E-state index is 0.0476. The molecule has 20 heavy (non-hydrogen) atoms. The van der Waals surface area contributed by atoms with Crippen LogP contribution in [0.25, 0.3) is 0 Å². The van der Waals surface area contributed by atoms with E-state index in [0.717, 1.165) is 38.9 Å². The molecule has 0 bridgehead atoms. The summed E-state index contributed by atoms with van der Waals surface area (Å²) in [6.45, 7) is 6.20. The number of rotatable bonds is 1. The molecule has 0 aromatic carbocycles. The van der Waals surface area contributed by atoms with Gasteiger partial charge in [-0.3, -0.25) is 9.69 Å². The third kappa shape index (κ3) is 2.73. The van der Waals surface area contributed by atoms with E-state index in [-0.39, 0.29) is 11.5 Å². The fraction of sp³-hybridized carbons (Fsp3) is 0.938. The molecule has 3 rings (SSSR count). The Labute approximate surface area is 122 Å². The zero-order valence-electron chi connectivity index (χ0n) is 12.8. The first kappa shape index (κ1) is 14.3. The van der Waals surface area contributed by atoms with E-state index in [4.69, 9.17) is 5.73 Å². The van der Waals surface area contributed by atoms with Crippen LogP contribution in [0, 0.1) is 5.92 Å². The number of nitrogens with two attached hydrogens (primary N) is 1. The van der Waals surface area contributed by atoms with Crippen LogP contribution in [0.1, 0.15) is 51.9 Å². The SMILES string of the molecule is CC1(N)CCCCC1C(=O)N1CCN2CCCCC2C1. The monoisotopic (exact) mass is 279 g/mol. The van der Waals surface area contributed by atoms with Crippen molar-refractivity contribution in [3.63, 3.8) is 0 Å². The van der Waals surface area contributed by atoms with Gasteiger partial charge >= 0.3 is 0 Å². The number of hydrogen-bond donors (Lipinski definition) is 1. The van der Waals surface area contributed by atoms with Crippen molar-refractivity contribution in [1.82, 2.24) is 9.80 Å². The molecule has 3 unspecified atom stereocenters. The predicted octanol–water partition coefficient (Wildman–Crippen LogP) is 1.59. The molecule has 2 aliphatic heterocycles. The van der Waals surface area contributed by atoms with Crippen molar-refractivity contribution in [1.29, 1.82) is 0 Å². The Bertz CT molecular complexity index is 369. The summed E-state index contributed by atoms with van der Waals surface area (Å²) in [6, 6.07) is 0.606. The van der Waals surface area contributed by atoms with Gasteiger partial charge in [0, 0.05) is 31.2 Å². The highest BCUT2D eigenvalue weighted by molar-refractivity contribution is 5.80. The number of amides is 1. The Morgan fingerprint density at radius 3 is 2.70 bits per heavy atom. The normalized spacial score (nSPS) is 39.4. The smallest absolute Gasteiger partial charge is 0.227 e. The van der Waals surface area contributed by atoms with Crippen LogP contribution in [0.3, 0.4) is 0 Å². The van der Waals surface area contributed by atoms with Crippen LogP contribution >= 0.6 is 0 Å². The van der Waals surface area contributed by atoms with Gasteiger partial charge in [-0.05, 0) is 39.2 Å². The van der Waals surface area contributed by atoms with Gasteiger partial charge in [-0.15, -0.1) is 0 Å². The number of nitrogens with zero attached hydrogens (tertiary/aromatic N) is 2. The van der Waals surface area contributed by atoms with Gasteiger partial charge in [-0.25, -0.2) is 0 Å². The fourth-order valence-corrected chi connectivity index (χ4v) is 4.34. The lowest BCUT2D eigenvalue weighted by molar-refractivity contribution is -0.142. The molecule has 4 nitrogen and oxygen atoms in total. The molecular weight excluding hydrogens is 250 g/mol. The number of carbonyl (C=O) groups excluding carboxylic acids is 1. The Balaban J connectivity index is 1.65. The number of carbonyl (C=O) groups is 1. The third-order valence-corrected chi connectivity index (χ3v) is 5.70. The highest BCUT2D eigenvalue weighted by Crippen LogP contribution is 2.33. The summed E-state index contributed by atoms with van der Waals surface area (Å²) < 4.78 is 0. The molecule has 114 valence electrons. The molecule has 2 saturated heterocycles. The fourth-order valence-electron chi connectivity index (χ4n) is 4.34. The highest BCUT2D eigenvalue weighted by Gasteiger charge is 2.41. The molecule has 2 N–H and O–H groups in total. The zero-order valence-corrected chi connectivity index (χ0v) is 12.8. The van der Waals surface area contributed by atoms with Gasteiger partial charge in [0.15, 0.2) is 0 Å². The summed E-state index contributed by atoms with van der Waals surface area (Å²) in [5, 5.41) is 0. The summed E-state index contributed by atoms with van der Waals surface area (Å²) in [5.41, 5.74) is 6.11. The van der Waals surface area contributed by atoms with Gasteiger partial charge in [0.1, 0.15) is 0 Å². The van der Waals surface area contributed by atoms with Crippen molar-refractivity contribution in [2.24, 2.45) is 11.7 Å². The molecule has 1 aliphatic carbocycles. The van der Waals surface area contributed by atoms with Crippen LogP contribution in [-0.4, -0.2) is 53.5 Å². The van der Waals surface area contributed by atoms with E-state index >= 15 is 0 Å². The van der Waals surface area contributed by atoms with Crippen molar-refractivity contribution in [2.45, 2.75) is 63.5 Å². The predicted molar refractivity (Wildman–Crippen MR) is 80.3 cm³/mol. The Kier molecular flexibility index (Phi) is 4.04. The summed E-state index contributed by atoms with van der Waals surface area (Å²) >= 11 is 0. The van der Waals surface area contributed by atoms with Gasteiger partial charge in [-0.2, -0.15) is 0 Å². The van der Waals surface area contributed by atoms with E-state index in [1.165, 1.54) is 32.2 Å². The van der Waals surface area contributed by atoms with E-state index < -0.39 is 0 Å². The van der Waals surface area contributed by atoms with Gasteiger partial charge < -0.3 is 10.6 Å². The Morgan fingerprint density at radius 1 is 1.10 bits per heavy atom.